The normalized spacial score (nSPS) is 28.4. The lowest BCUT2D eigenvalue weighted by Gasteiger charge is -2.17. The molecule has 1 aromatic rings. The van der Waals surface area contributed by atoms with Gasteiger partial charge in [0, 0.05) is 17.5 Å². The van der Waals surface area contributed by atoms with Crippen LogP contribution in [0.2, 0.25) is 0 Å². The first-order chi connectivity index (χ1) is 8.15. The maximum atomic E-state index is 14.0. The summed E-state index contributed by atoms with van der Waals surface area (Å²) in [5, 5.41) is 3.39. The lowest BCUT2D eigenvalue weighted by Crippen LogP contribution is -2.21. The molecule has 2 nitrogen and oxygen atoms in total. The van der Waals surface area contributed by atoms with Gasteiger partial charge in [0.1, 0.15) is 5.69 Å². The van der Waals surface area contributed by atoms with Crippen LogP contribution in [0.15, 0.2) is 0 Å². The van der Waals surface area contributed by atoms with E-state index in [0.717, 1.165) is 4.68 Å². The van der Waals surface area contributed by atoms with Gasteiger partial charge < -0.3 is 0 Å². The number of alkyl halides is 5. The summed E-state index contributed by atoms with van der Waals surface area (Å²) < 4.78 is 67.3. The van der Waals surface area contributed by atoms with Crippen LogP contribution in [0, 0.1) is 5.92 Å². The van der Waals surface area contributed by atoms with Crippen molar-refractivity contribution in [2.75, 3.05) is 0 Å². The predicted molar refractivity (Wildman–Crippen MR) is 52.4 cm³/mol. The van der Waals surface area contributed by atoms with E-state index in [1.54, 1.807) is 13.8 Å². The zero-order valence-corrected chi connectivity index (χ0v) is 9.72. The van der Waals surface area contributed by atoms with Crippen molar-refractivity contribution in [3.63, 3.8) is 0 Å². The lowest BCUT2D eigenvalue weighted by molar-refractivity contribution is -0.142. The average Bonchev–Trinajstić information content (AvgIpc) is 2.82. The smallest absolute Gasteiger partial charge is 0.260 e. The molecule has 0 spiro atoms. The van der Waals surface area contributed by atoms with Gasteiger partial charge >= 0.3 is 6.18 Å². The Morgan fingerprint density at radius 2 is 1.94 bits per heavy atom. The highest BCUT2D eigenvalue weighted by atomic mass is 19.4. The van der Waals surface area contributed by atoms with E-state index >= 15 is 0 Å². The first kappa shape index (κ1) is 11.9. The topological polar surface area (TPSA) is 17.8 Å². The maximum Gasteiger partial charge on any atom is 0.435 e. The fraction of sp³-hybridized carbons (Fsp3) is 0.727. The van der Waals surface area contributed by atoms with Crippen LogP contribution in [0.5, 0.6) is 0 Å². The van der Waals surface area contributed by atoms with E-state index in [4.69, 9.17) is 0 Å². The Balaban J connectivity index is 2.26. The summed E-state index contributed by atoms with van der Waals surface area (Å²) in [6.45, 7) is 3.10. The highest BCUT2D eigenvalue weighted by Crippen LogP contribution is 2.68. The van der Waals surface area contributed by atoms with E-state index in [-0.39, 0.29) is 12.0 Å². The molecule has 0 saturated heterocycles. The van der Waals surface area contributed by atoms with E-state index < -0.39 is 41.4 Å². The molecule has 2 unspecified atom stereocenters. The number of fused-ring (bicyclic) bond motifs is 3. The van der Waals surface area contributed by atoms with Crippen LogP contribution in [-0.2, 0) is 12.1 Å². The van der Waals surface area contributed by atoms with Crippen molar-refractivity contribution in [1.82, 2.24) is 9.78 Å². The molecule has 2 aliphatic carbocycles. The molecule has 1 aromatic heterocycles. The first-order valence-electron chi connectivity index (χ1n) is 5.73. The predicted octanol–water partition coefficient (Wildman–Crippen LogP) is 3.69. The lowest BCUT2D eigenvalue weighted by atomic mass is 10.1. The minimum absolute atomic E-state index is 0.132. The molecule has 1 saturated carbocycles. The SMILES string of the molecule is CC(C)n1nc(C(F)(F)F)c2c1C(F)(F)C1CC21. The van der Waals surface area contributed by atoms with Crippen molar-refractivity contribution >= 4 is 0 Å². The monoisotopic (exact) mass is 266 g/mol. The van der Waals surface area contributed by atoms with Gasteiger partial charge in [-0.3, -0.25) is 4.68 Å². The molecule has 0 N–H and O–H groups in total. The van der Waals surface area contributed by atoms with Crippen LogP contribution < -0.4 is 0 Å². The number of nitrogens with zero attached hydrogens (tertiary/aromatic N) is 2. The zero-order valence-electron chi connectivity index (χ0n) is 9.72. The summed E-state index contributed by atoms with van der Waals surface area (Å²) in [6, 6.07) is -0.516. The van der Waals surface area contributed by atoms with Gasteiger partial charge in [-0.25, -0.2) is 0 Å². The molecular weight excluding hydrogens is 255 g/mol. The fourth-order valence-electron chi connectivity index (χ4n) is 2.80. The summed E-state index contributed by atoms with van der Waals surface area (Å²) in [5.41, 5.74) is -1.92. The highest BCUT2D eigenvalue weighted by Gasteiger charge is 2.68. The molecule has 0 aliphatic heterocycles. The molecule has 0 bridgehead atoms. The second-order valence-corrected chi connectivity index (χ2v) is 5.22. The fourth-order valence-corrected chi connectivity index (χ4v) is 2.80. The second kappa shape index (κ2) is 3.05. The largest absolute Gasteiger partial charge is 0.435 e. The number of rotatable bonds is 1. The van der Waals surface area contributed by atoms with Crippen LogP contribution in [-0.4, -0.2) is 9.78 Å². The van der Waals surface area contributed by atoms with E-state index in [1.807, 2.05) is 0 Å². The van der Waals surface area contributed by atoms with Crippen LogP contribution in [0.1, 0.15) is 49.2 Å². The molecule has 1 fully saturated rings. The Bertz CT molecular complexity index is 514. The molecule has 100 valence electrons. The van der Waals surface area contributed by atoms with Crippen LogP contribution in [0.3, 0.4) is 0 Å². The zero-order chi connectivity index (χ0) is 13.5. The van der Waals surface area contributed by atoms with Gasteiger partial charge in [-0.05, 0) is 26.2 Å². The van der Waals surface area contributed by atoms with Crippen molar-refractivity contribution in [2.45, 2.75) is 44.3 Å². The number of halogens is 5. The molecule has 7 heteroatoms. The molecule has 0 amide bonds. The molecule has 2 atom stereocenters. The molecule has 0 aromatic carbocycles. The standard InChI is InChI=1S/C11H11F5N2/c1-4(2)18-9-7(8(17-18)11(14,15)16)5-3-6(5)10(9,12)13/h4-6H,3H2,1-2H3. The van der Waals surface area contributed by atoms with Gasteiger partial charge in [0.2, 0.25) is 0 Å². The van der Waals surface area contributed by atoms with Crippen LogP contribution in [0.25, 0.3) is 0 Å². The third-order valence-corrected chi connectivity index (χ3v) is 3.65. The average molecular weight is 266 g/mol. The Kier molecular flexibility index (Phi) is 2.02. The highest BCUT2D eigenvalue weighted by molar-refractivity contribution is 5.46. The first-order valence-corrected chi connectivity index (χ1v) is 5.73. The van der Waals surface area contributed by atoms with Crippen LogP contribution >= 0.6 is 0 Å². The molecule has 18 heavy (non-hydrogen) atoms. The Hall–Kier alpha value is -1.14. The van der Waals surface area contributed by atoms with E-state index in [9.17, 15) is 22.0 Å². The number of aromatic nitrogens is 2. The van der Waals surface area contributed by atoms with Gasteiger partial charge in [0.05, 0.1) is 0 Å². The van der Waals surface area contributed by atoms with Crippen molar-refractivity contribution in [2.24, 2.45) is 5.92 Å². The van der Waals surface area contributed by atoms with E-state index in [2.05, 4.69) is 5.10 Å². The Morgan fingerprint density at radius 3 is 2.44 bits per heavy atom. The van der Waals surface area contributed by atoms with E-state index in [0.29, 0.717) is 0 Å². The minimum Gasteiger partial charge on any atom is -0.260 e. The molecule has 2 aliphatic rings. The third kappa shape index (κ3) is 1.30. The molecular formula is C11H11F5N2. The summed E-state index contributed by atoms with van der Waals surface area (Å²) in [5.74, 6) is -4.81. The van der Waals surface area contributed by atoms with Crippen molar-refractivity contribution in [1.29, 1.82) is 0 Å². The molecule has 1 heterocycles. The quantitative estimate of drug-likeness (QED) is 0.709. The number of hydrogen-bond donors (Lipinski definition) is 0. The second-order valence-electron chi connectivity index (χ2n) is 5.22. The number of hydrogen-bond acceptors (Lipinski definition) is 1. The van der Waals surface area contributed by atoms with Crippen molar-refractivity contribution in [3.8, 4) is 0 Å². The van der Waals surface area contributed by atoms with Gasteiger partial charge in [0.15, 0.2) is 5.69 Å². The summed E-state index contributed by atoms with van der Waals surface area (Å²) in [6.07, 6.45) is -4.54. The summed E-state index contributed by atoms with van der Waals surface area (Å²) in [7, 11) is 0. The Morgan fingerprint density at radius 1 is 1.33 bits per heavy atom. The van der Waals surface area contributed by atoms with Crippen molar-refractivity contribution in [3.05, 3.63) is 17.0 Å². The Labute approximate surface area is 99.8 Å². The third-order valence-electron chi connectivity index (χ3n) is 3.65. The van der Waals surface area contributed by atoms with Gasteiger partial charge in [-0.1, -0.05) is 0 Å². The van der Waals surface area contributed by atoms with Crippen LogP contribution in [0.4, 0.5) is 22.0 Å². The summed E-state index contributed by atoms with van der Waals surface area (Å²) >= 11 is 0. The molecule has 3 rings (SSSR count). The van der Waals surface area contributed by atoms with Gasteiger partial charge in [0.25, 0.3) is 5.92 Å². The maximum absolute atomic E-state index is 14.0. The summed E-state index contributed by atoms with van der Waals surface area (Å²) in [4.78, 5) is 0. The minimum atomic E-state index is -4.67. The van der Waals surface area contributed by atoms with E-state index in [1.165, 1.54) is 0 Å². The molecule has 0 radical (unpaired) electrons. The van der Waals surface area contributed by atoms with Crippen molar-refractivity contribution < 1.29 is 22.0 Å². The van der Waals surface area contributed by atoms with Gasteiger partial charge in [-0.2, -0.15) is 27.1 Å². The van der Waals surface area contributed by atoms with Gasteiger partial charge in [-0.15, -0.1) is 0 Å².